The maximum atomic E-state index is 11.5. The van der Waals surface area contributed by atoms with Gasteiger partial charge in [0, 0.05) is 22.9 Å². The van der Waals surface area contributed by atoms with Crippen LogP contribution in [0.25, 0.3) is 10.8 Å². The van der Waals surface area contributed by atoms with Gasteiger partial charge in [0.2, 0.25) is 5.91 Å². The minimum Gasteiger partial charge on any atom is -0.369 e. The van der Waals surface area contributed by atoms with Crippen molar-refractivity contribution in [2.75, 3.05) is 18.0 Å². The molecule has 6 heteroatoms. The number of carbonyl (C=O) groups is 1. The summed E-state index contributed by atoms with van der Waals surface area (Å²) in [6.45, 7) is 1.45. The van der Waals surface area contributed by atoms with E-state index in [0.717, 1.165) is 40.4 Å². The van der Waals surface area contributed by atoms with E-state index in [1.165, 1.54) is 0 Å². The number of halogens is 2. The summed E-state index contributed by atoms with van der Waals surface area (Å²) < 4.78 is 0.973. The number of pyridine rings is 1. The Morgan fingerprint density at radius 1 is 1.48 bits per heavy atom. The monoisotopic (exact) mass is 367 g/mol. The van der Waals surface area contributed by atoms with Crippen LogP contribution >= 0.6 is 27.5 Å². The third kappa shape index (κ3) is 2.85. The van der Waals surface area contributed by atoms with Gasteiger partial charge in [-0.15, -0.1) is 0 Å². The quantitative estimate of drug-likeness (QED) is 0.827. The number of primary amides is 1. The van der Waals surface area contributed by atoms with Gasteiger partial charge < -0.3 is 10.6 Å². The first kappa shape index (κ1) is 14.6. The standard InChI is InChI=1S/C15H15BrClN3O/c16-11-5-1-3-9-7-12(17)19-15(13(9)11)20-6-2-4-10(8-20)14(18)21/h1,3,5,7,10H,2,4,6,8H2,(H2,18,21). The minimum absolute atomic E-state index is 0.128. The van der Waals surface area contributed by atoms with Crippen LogP contribution in [0.3, 0.4) is 0 Å². The molecule has 2 N–H and O–H groups in total. The highest BCUT2D eigenvalue weighted by Gasteiger charge is 2.26. The van der Waals surface area contributed by atoms with Crippen LogP contribution in [-0.4, -0.2) is 24.0 Å². The molecule has 1 fully saturated rings. The second-order valence-corrected chi connectivity index (χ2v) is 6.54. The molecule has 0 saturated carbocycles. The lowest BCUT2D eigenvalue weighted by Crippen LogP contribution is -2.41. The fourth-order valence-electron chi connectivity index (χ4n) is 2.85. The summed E-state index contributed by atoms with van der Waals surface area (Å²) in [5, 5.41) is 2.50. The minimum atomic E-state index is -0.245. The van der Waals surface area contributed by atoms with Gasteiger partial charge >= 0.3 is 0 Å². The van der Waals surface area contributed by atoms with Crippen LogP contribution < -0.4 is 10.6 Å². The van der Waals surface area contributed by atoms with Gasteiger partial charge in [-0.25, -0.2) is 4.98 Å². The number of nitrogens with zero attached hydrogens (tertiary/aromatic N) is 2. The molecular formula is C15H15BrClN3O. The van der Waals surface area contributed by atoms with Gasteiger partial charge in [0.15, 0.2) is 0 Å². The van der Waals surface area contributed by atoms with Gasteiger partial charge in [-0.1, -0.05) is 39.7 Å². The molecule has 1 aliphatic rings. The molecule has 21 heavy (non-hydrogen) atoms. The third-order valence-corrected chi connectivity index (χ3v) is 4.73. The number of benzene rings is 1. The van der Waals surface area contributed by atoms with Gasteiger partial charge in [-0.05, 0) is 30.4 Å². The Morgan fingerprint density at radius 3 is 3.05 bits per heavy atom. The van der Waals surface area contributed by atoms with Crippen molar-refractivity contribution < 1.29 is 4.79 Å². The van der Waals surface area contributed by atoms with E-state index in [4.69, 9.17) is 17.3 Å². The van der Waals surface area contributed by atoms with Crippen LogP contribution in [-0.2, 0) is 4.79 Å². The van der Waals surface area contributed by atoms with Crippen molar-refractivity contribution in [1.29, 1.82) is 0 Å². The topological polar surface area (TPSA) is 59.2 Å². The Hall–Kier alpha value is -1.33. The van der Waals surface area contributed by atoms with Gasteiger partial charge in [0.25, 0.3) is 0 Å². The molecule has 1 atom stereocenters. The second-order valence-electron chi connectivity index (χ2n) is 5.29. The molecule has 1 unspecified atom stereocenters. The SMILES string of the molecule is NC(=O)C1CCCN(c2nc(Cl)cc3cccc(Br)c23)C1. The van der Waals surface area contributed by atoms with Gasteiger partial charge in [-0.3, -0.25) is 4.79 Å². The smallest absolute Gasteiger partial charge is 0.222 e. The summed E-state index contributed by atoms with van der Waals surface area (Å²) in [7, 11) is 0. The van der Waals surface area contributed by atoms with Crippen LogP contribution in [0.4, 0.5) is 5.82 Å². The number of anilines is 1. The number of rotatable bonds is 2. The van der Waals surface area contributed by atoms with Crippen molar-refractivity contribution >= 4 is 50.0 Å². The van der Waals surface area contributed by atoms with Crippen LogP contribution in [0.1, 0.15) is 12.8 Å². The van der Waals surface area contributed by atoms with E-state index in [1.54, 1.807) is 0 Å². The summed E-state index contributed by atoms with van der Waals surface area (Å²) in [5.41, 5.74) is 5.46. The molecule has 3 rings (SSSR count). The van der Waals surface area contributed by atoms with E-state index in [1.807, 2.05) is 24.3 Å². The molecule has 110 valence electrons. The third-order valence-electron chi connectivity index (χ3n) is 3.88. The van der Waals surface area contributed by atoms with Crippen molar-refractivity contribution in [3.63, 3.8) is 0 Å². The lowest BCUT2D eigenvalue weighted by molar-refractivity contribution is -0.122. The highest BCUT2D eigenvalue weighted by Crippen LogP contribution is 2.35. The Balaban J connectivity index is 2.09. The largest absolute Gasteiger partial charge is 0.369 e. The zero-order valence-corrected chi connectivity index (χ0v) is 13.7. The molecule has 0 aliphatic carbocycles. The lowest BCUT2D eigenvalue weighted by atomic mass is 9.97. The van der Waals surface area contributed by atoms with Crippen molar-refractivity contribution in [2.45, 2.75) is 12.8 Å². The fourth-order valence-corrected chi connectivity index (χ4v) is 3.60. The first-order valence-electron chi connectivity index (χ1n) is 6.85. The summed E-state index contributed by atoms with van der Waals surface area (Å²) in [5.74, 6) is 0.443. The Morgan fingerprint density at radius 2 is 2.29 bits per heavy atom. The molecule has 1 aromatic heterocycles. The number of hydrogen-bond acceptors (Lipinski definition) is 3. The van der Waals surface area contributed by atoms with Gasteiger partial charge in [-0.2, -0.15) is 0 Å². The van der Waals surface area contributed by atoms with Crippen molar-refractivity contribution in [2.24, 2.45) is 11.7 Å². The van der Waals surface area contributed by atoms with Crippen molar-refractivity contribution in [3.8, 4) is 0 Å². The number of nitrogens with two attached hydrogens (primary N) is 1. The zero-order valence-electron chi connectivity index (χ0n) is 11.4. The average molecular weight is 369 g/mol. The molecule has 2 aromatic rings. The van der Waals surface area contributed by atoms with Crippen LogP contribution in [0.15, 0.2) is 28.7 Å². The van der Waals surface area contributed by atoms with E-state index >= 15 is 0 Å². The predicted molar refractivity (Wildman–Crippen MR) is 88.6 cm³/mol. The number of hydrogen-bond donors (Lipinski definition) is 1. The van der Waals surface area contributed by atoms with E-state index < -0.39 is 0 Å². The summed E-state index contributed by atoms with van der Waals surface area (Å²) in [6.07, 6.45) is 1.76. The highest BCUT2D eigenvalue weighted by molar-refractivity contribution is 9.10. The first-order chi connectivity index (χ1) is 10.1. The summed E-state index contributed by atoms with van der Waals surface area (Å²) in [6, 6.07) is 7.80. The molecule has 1 saturated heterocycles. The van der Waals surface area contributed by atoms with E-state index in [9.17, 15) is 4.79 Å². The van der Waals surface area contributed by atoms with Crippen LogP contribution in [0, 0.1) is 5.92 Å². The lowest BCUT2D eigenvalue weighted by Gasteiger charge is -2.33. The molecular weight excluding hydrogens is 354 g/mol. The maximum absolute atomic E-state index is 11.5. The van der Waals surface area contributed by atoms with Gasteiger partial charge in [0.1, 0.15) is 11.0 Å². The molecule has 2 heterocycles. The van der Waals surface area contributed by atoms with E-state index in [0.29, 0.717) is 11.7 Å². The van der Waals surface area contributed by atoms with Crippen LogP contribution in [0.5, 0.6) is 0 Å². The molecule has 4 nitrogen and oxygen atoms in total. The molecule has 1 amide bonds. The normalized spacial score (nSPS) is 19.0. The maximum Gasteiger partial charge on any atom is 0.222 e. The van der Waals surface area contributed by atoms with Crippen molar-refractivity contribution in [1.82, 2.24) is 4.98 Å². The molecule has 0 radical (unpaired) electrons. The van der Waals surface area contributed by atoms with Crippen LogP contribution in [0.2, 0.25) is 5.15 Å². The molecule has 0 spiro atoms. The average Bonchev–Trinajstić information content (AvgIpc) is 2.46. The number of piperidine rings is 1. The van der Waals surface area contributed by atoms with E-state index in [2.05, 4.69) is 25.8 Å². The number of carbonyl (C=O) groups excluding carboxylic acids is 1. The Bertz CT molecular complexity index is 707. The fraction of sp³-hybridized carbons (Fsp3) is 0.333. The molecule has 1 aliphatic heterocycles. The second kappa shape index (κ2) is 5.81. The predicted octanol–water partition coefficient (Wildman–Crippen LogP) is 3.35. The summed E-state index contributed by atoms with van der Waals surface area (Å²) >= 11 is 9.73. The Kier molecular flexibility index (Phi) is 4.04. The number of fused-ring (bicyclic) bond motifs is 1. The zero-order chi connectivity index (χ0) is 15.0. The van der Waals surface area contributed by atoms with Crippen molar-refractivity contribution in [3.05, 3.63) is 33.9 Å². The van der Waals surface area contributed by atoms with Gasteiger partial charge in [0.05, 0.1) is 5.92 Å². The number of aromatic nitrogens is 1. The van der Waals surface area contributed by atoms with E-state index in [-0.39, 0.29) is 11.8 Å². The first-order valence-corrected chi connectivity index (χ1v) is 8.02. The molecule has 1 aromatic carbocycles. The molecule has 0 bridgehead atoms. The number of amides is 1. The Labute approximate surface area is 136 Å². The highest BCUT2D eigenvalue weighted by atomic mass is 79.9. The summed E-state index contributed by atoms with van der Waals surface area (Å²) in [4.78, 5) is 18.1.